The Bertz CT molecular complexity index is 785. The summed E-state index contributed by atoms with van der Waals surface area (Å²) in [6, 6.07) is 9.99. The molecule has 3 heteroatoms. The van der Waals surface area contributed by atoms with Gasteiger partial charge in [-0.25, -0.2) is 0 Å². The molecular weight excluding hydrogens is 300 g/mol. The van der Waals surface area contributed by atoms with Gasteiger partial charge in [-0.2, -0.15) is 0 Å². The van der Waals surface area contributed by atoms with Crippen LogP contribution < -0.4 is 0 Å². The van der Waals surface area contributed by atoms with Crippen LogP contribution in [-0.4, -0.2) is 15.3 Å². The molecule has 0 fully saturated rings. The first-order valence-corrected chi connectivity index (χ1v) is 8.23. The molecule has 0 saturated carbocycles. The quantitative estimate of drug-likeness (QED) is 0.538. The summed E-state index contributed by atoms with van der Waals surface area (Å²) in [5, 5.41) is 29.6. The summed E-state index contributed by atoms with van der Waals surface area (Å²) in [7, 11) is 0. The summed E-state index contributed by atoms with van der Waals surface area (Å²) < 4.78 is 0. The van der Waals surface area contributed by atoms with Gasteiger partial charge >= 0.3 is 0 Å². The Labute approximate surface area is 142 Å². The van der Waals surface area contributed by atoms with Crippen LogP contribution in [0.25, 0.3) is 12.2 Å². The number of allylic oxidation sites excluding steroid dienone is 2. The molecule has 0 aromatic heterocycles. The maximum atomic E-state index is 10.4. The third-order valence-electron chi connectivity index (χ3n) is 4.47. The number of rotatable bonds is 3. The van der Waals surface area contributed by atoms with E-state index in [1.54, 1.807) is 18.2 Å². The second kappa shape index (κ2) is 6.83. The van der Waals surface area contributed by atoms with Crippen molar-refractivity contribution in [2.24, 2.45) is 0 Å². The van der Waals surface area contributed by atoms with E-state index in [1.807, 2.05) is 24.3 Å². The SMILES string of the molecule is CC1=CC(c2c(O)cc(O)cc2/C=C/c2ccc(O)cc2)CCC1. The maximum absolute atomic E-state index is 10.4. The molecule has 1 atom stereocenters. The van der Waals surface area contributed by atoms with Crippen molar-refractivity contribution in [3.05, 3.63) is 64.7 Å². The van der Waals surface area contributed by atoms with Gasteiger partial charge in [-0.15, -0.1) is 0 Å². The van der Waals surface area contributed by atoms with E-state index in [1.165, 1.54) is 11.6 Å². The van der Waals surface area contributed by atoms with Gasteiger partial charge in [0.2, 0.25) is 0 Å². The van der Waals surface area contributed by atoms with Crippen LogP contribution in [0.5, 0.6) is 17.2 Å². The number of hydrogen-bond acceptors (Lipinski definition) is 3. The molecule has 2 aromatic carbocycles. The monoisotopic (exact) mass is 322 g/mol. The van der Waals surface area contributed by atoms with Gasteiger partial charge in [0.05, 0.1) is 0 Å². The van der Waals surface area contributed by atoms with E-state index < -0.39 is 0 Å². The summed E-state index contributed by atoms with van der Waals surface area (Å²) in [6.45, 7) is 2.12. The second-order valence-electron chi connectivity index (χ2n) is 6.40. The summed E-state index contributed by atoms with van der Waals surface area (Å²) in [6.07, 6.45) is 9.24. The number of hydrogen-bond donors (Lipinski definition) is 3. The lowest BCUT2D eigenvalue weighted by Crippen LogP contribution is -2.04. The van der Waals surface area contributed by atoms with Crippen molar-refractivity contribution in [2.75, 3.05) is 0 Å². The van der Waals surface area contributed by atoms with Crippen LogP contribution in [0.1, 0.15) is 48.8 Å². The summed E-state index contributed by atoms with van der Waals surface area (Å²) in [4.78, 5) is 0. The number of benzene rings is 2. The zero-order chi connectivity index (χ0) is 17.1. The van der Waals surface area contributed by atoms with Crippen LogP contribution in [-0.2, 0) is 0 Å². The van der Waals surface area contributed by atoms with Gasteiger partial charge in [0.1, 0.15) is 17.2 Å². The van der Waals surface area contributed by atoms with Crippen LogP contribution >= 0.6 is 0 Å². The fraction of sp³-hybridized carbons (Fsp3) is 0.238. The minimum absolute atomic E-state index is 0.0538. The second-order valence-corrected chi connectivity index (χ2v) is 6.40. The Morgan fingerprint density at radius 2 is 1.71 bits per heavy atom. The molecule has 0 saturated heterocycles. The highest BCUT2D eigenvalue weighted by molar-refractivity contribution is 5.74. The minimum Gasteiger partial charge on any atom is -0.508 e. The Kier molecular flexibility index (Phi) is 4.61. The lowest BCUT2D eigenvalue weighted by molar-refractivity contribution is 0.441. The largest absolute Gasteiger partial charge is 0.508 e. The highest BCUT2D eigenvalue weighted by Crippen LogP contribution is 2.40. The molecule has 0 spiro atoms. The lowest BCUT2D eigenvalue weighted by atomic mass is 9.83. The molecule has 0 heterocycles. The molecule has 1 aliphatic carbocycles. The molecule has 0 aliphatic heterocycles. The third-order valence-corrected chi connectivity index (χ3v) is 4.47. The summed E-state index contributed by atoms with van der Waals surface area (Å²) >= 11 is 0. The van der Waals surface area contributed by atoms with Crippen molar-refractivity contribution in [3.8, 4) is 17.2 Å². The van der Waals surface area contributed by atoms with Crippen LogP contribution in [0, 0.1) is 0 Å². The molecular formula is C21H22O3. The smallest absolute Gasteiger partial charge is 0.123 e. The van der Waals surface area contributed by atoms with E-state index in [2.05, 4.69) is 13.0 Å². The Balaban J connectivity index is 2.00. The molecule has 124 valence electrons. The van der Waals surface area contributed by atoms with E-state index in [4.69, 9.17) is 0 Å². The summed E-state index contributed by atoms with van der Waals surface area (Å²) in [5.41, 5.74) is 3.96. The van der Waals surface area contributed by atoms with Crippen molar-refractivity contribution in [3.63, 3.8) is 0 Å². The molecule has 3 N–H and O–H groups in total. The van der Waals surface area contributed by atoms with Gasteiger partial charge in [-0.1, -0.05) is 35.9 Å². The van der Waals surface area contributed by atoms with Gasteiger partial charge < -0.3 is 15.3 Å². The molecule has 0 bridgehead atoms. The van der Waals surface area contributed by atoms with Crippen LogP contribution in [0.4, 0.5) is 0 Å². The number of aromatic hydroxyl groups is 3. The van der Waals surface area contributed by atoms with Gasteiger partial charge in [0.25, 0.3) is 0 Å². The van der Waals surface area contributed by atoms with Crippen molar-refractivity contribution < 1.29 is 15.3 Å². The van der Waals surface area contributed by atoms with Crippen LogP contribution in [0.2, 0.25) is 0 Å². The zero-order valence-corrected chi connectivity index (χ0v) is 13.7. The lowest BCUT2D eigenvalue weighted by Gasteiger charge is -2.22. The van der Waals surface area contributed by atoms with Gasteiger partial charge in [-0.3, -0.25) is 0 Å². The van der Waals surface area contributed by atoms with Gasteiger partial charge in [0.15, 0.2) is 0 Å². The number of phenolic OH excluding ortho intramolecular Hbond substituents is 3. The predicted octanol–water partition coefficient (Wildman–Crippen LogP) is 5.19. The fourth-order valence-corrected chi connectivity index (χ4v) is 3.30. The Morgan fingerprint density at radius 1 is 0.958 bits per heavy atom. The van der Waals surface area contributed by atoms with E-state index >= 15 is 0 Å². The first kappa shape index (κ1) is 16.2. The maximum Gasteiger partial charge on any atom is 0.123 e. The molecule has 1 aliphatic rings. The average Bonchev–Trinajstić information content (AvgIpc) is 2.53. The van der Waals surface area contributed by atoms with E-state index in [9.17, 15) is 15.3 Å². The molecule has 0 radical (unpaired) electrons. The molecule has 3 rings (SSSR count). The van der Waals surface area contributed by atoms with Crippen LogP contribution in [0.3, 0.4) is 0 Å². The van der Waals surface area contributed by atoms with Crippen molar-refractivity contribution in [2.45, 2.75) is 32.1 Å². The molecule has 24 heavy (non-hydrogen) atoms. The van der Waals surface area contributed by atoms with Crippen molar-refractivity contribution in [1.82, 2.24) is 0 Å². The summed E-state index contributed by atoms with van der Waals surface area (Å²) in [5.74, 6) is 0.582. The Hall–Kier alpha value is -2.68. The van der Waals surface area contributed by atoms with E-state index in [-0.39, 0.29) is 23.2 Å². The minimum atomic E-state index is 0.0538. The normalized spacial score (nSPS) is 17.9. The first-order valence-electron chi connectivity index (χ1n) is 8.23. The van der Waals surface area contributed by atoms with Crippen LogP contribution in [0.15, 0.2) is 48.0 Å². The third kappa shape index (κ3) is 3.62. The van der Waals surface area contributed by atoms with Gasteiger partial charge in [-0.05, 0) is 55.5 Å². The van der Waals surface area contributed by atoms with E-state index in [0.717, 1.165) is 36.0 Å². The molecule has 2 aromatic rings. The average molecular weight is 322 g/mol. The fourth-order valence-electron chi connectivity index (χ4n) is 3.30. The molecule has 3 nitrogen and oxygen atoms in total. The van der Waals surface area contributed by atoms with Crippen molar-refractivity contribution >= 4 is 12.2 Å². The zero-order valence-electron chi connectivity index (χ0n) is 13.7. The first-order chi connectivity index (χ1) is 11.5. The van der Waals surface area contributed by atoms with Crippen molar-refractivity contribution in [1.29, 1.82) is 0 Å². The highest BCUT2D eigenvalue weighted by Gasteiger charge is 2.20. The standard InChI is InChI=1S/C21H22O3/c1-14-3-2-4-16(11-14)21-17(12-19(23)13-20(21)24)8-5-15-6-9-18(22)10-7-15/h5-13,16,22-24H,2-4H2,1H3/b8-5+. The van der Waals surface area contributed by atoms with E-state index in [0.29, 0.717) is 0 Å². The molecule has 0 amide bonds. The molecule has 1 unspecified atom stereocenters. The number of phenols is 3. The Morgan fingerprint density at radius 3 is 2.42 bits per heavy atom. The highest BCUT2D eigenvalue weighted by atomic mass is 16.3. The van der Waals surface area contributed by atoms with Gasteiger partial charge in [0, 0.05) is 17.5 Å². The predicted molar refractivity (Wildman–Crippen MR) is 97.2 cm³/mol. The topological polar surface area (TPSA) is 60.7 Å².